The predicted octanol–water partition coefficient (Wildman–Crippen LogP) is 4.45. The summed E-state index contributed by atoms with van der Waals surface area (Å²) in [5.41, 5.74) is 4.57. The van der Waals surface area contributed by atoms with E-state index in [2.05, 4.69) is 25.4 Å². The highest BCUT2D eigenvalue weighted by Crippen LogP contribution is 2.32. The zero-order chi connectivity index (χ0) is 20.5. The monoisotopic (exact) mass is 398 g/mol. The molecule has 2 aromatic heterocycles. The predicted molar refractivity (Wildman–Crippen MR) is 112 cm³/mol. The van der Waals surface area contributed by atoms with Gasteiger partial charge in [-0.15, -0.1) is 0 Å². The van der Waals surface area contributed by atoms with Crippen LogP contribution in [0.3, 0.4) is 0 Å². The Morgan fingerprint density at radius 3 is 2.53 bits per heavy atom. The van der Waals surface area contributed by atoms with Crippen molar-refractivity contribution < 1.29 is 9.18 Å². The number of carbonyl (C=O) groups is 1. The minimum absolute atomic E-state index is 0.357. The van der Waals surface area contributed by atoms with Crippen LogP contribution in [0.25, 0.3) is 33.5 Å². The van der Waals surface area contributed by atoms with Crippen LogP contribution in [0, 0.1) is 5.82 Å². The van der Waals surface area contributed by atoms with Gasteiger partial charge in [-0.3, -0.25) is 19.9 Å². The lowest BCUT2D eigenvalue weighted by Crippen LogP contribution is -2.13. The van der Waals surface area contributed by atoms with Crippen LogP contribution in [0.4, 0.5) is 15.8 Å². The molecule has 146 valence electrons. The lowest BCUT2D eigenvalue weighted by Gasteiger charge is -2.18. The summed E-state index contributed by atoms with van der Waals surface area (Å²) in [5, 5.41) is 15.2. The third-order valence-corrected chi connectivity index (χ3v) is 4.86. The van der Waals surface area contributed by atoms with Gasteiger partial charge in [0.25, 0.3) is 0 Å². The number of amides is 1. The Kier molecular flexibility index (Phi) is 4.29. The second-order valence-corrected chi connectivity index (χ2v) is 6.67. The van der Waals surface area contributed by atoms with Gasteiger partial charge in [0, 0.05) is 27.9 Å². The topological polar surface area (TPSA) is 90.6 Å². The number of rotatable bonds is 5. The first kappa shape index (κ1) is 17.7. The van der Waals surface area contributed by atoms with Gasteiger partial charge >= 0.3 is 0 Å². The number of aromatic amines is 2. The lowest BCUT2D eigenvalue weighted by atomic mass is 10.0. The van der Waals surface area contributed by atoms with Crippen molar-refractivity contribution in [1.29, 1.82) is 0 Å². The molecule has 3 aromatic carbocycles. The summed E-state index contributed by atoms with van der Waals surface area (Å²) in [5.74, 6) is 0.310. The van der Waals surface area contributed by atoms with Gasteiger partial charge in [-0.05, 0) is 54.6 Å². The van der Waals surface area contributed by atoms with Gasteiger partial charge in [-0.25, -0.2) is 9.37 Å². The fraction of sp³-hybridized carbons (Fsp3) is 0. The van der Waals surface area contributed by atoms with Gasteiger partial charge in [0.05, 0.1) is 11.2 Å². The van der Waals surface area contributed by atoms with Gasteiger partial charge in [0.15, 0.2) is 5.82 Å². The molecule has 0 unspecified atom stereocenters. The number of H-pyrrole nitrogens is 2. The Balaban J connectivity index is 1.58. The van der Waals surface area contributed by atoms with Crippen molar-refractivity contribution in [2.45, 2.75) is 0 Å². The standard InChI is InChI=1S/C22H15FN6O/c23-16-5-7-17(8-6-16)29(13-30)18-3-1-2-14(10-18)21-19-11-15(22-24-12-25-28-22)4-9-20(19)26-27-21/h1-13H,(H,26,27)(H,24,25,28). The van der Waals surface area contributed by atoms with E-state index in [1.165, 1.54) is 23.4 Å². The normalized spacial score (nSPS) is 11.0. The SMILES string of the molecule is O=CN(c1ccc(F)cc1)c1cccc(-c2n[nH]c3ccc(-c4ncn[nH]4)cc23)c1. The number of benzene rings is 3. The molecule has 1 amide bonds. The third kappa shape index (κ3) is 3.10. The summed E-state index contributed by atoms with van der Waals surface area (Å²) in [7, 11) is 0. The van der Waals surface area contributed by atoms with E-state index in [0.717, 1.165) is 27.7 Å². The molecule has 0 aliphatic carbocycles. The number of hydrogen-bond donors (Lipinski definition) is 2. The van der Waals surface area contributed by atoms with Crippen molar-refractivity contribution >= 4 is 28.7 Å². The zero-order valence-electron chi connectivity index (χ0n) is 15.6. The minimum Gasteiger partial charge on any atom is -0.284 e. The summed E-state index contributed by atoms with van der Waals surface area (Å²) in [4.78, 5) is 17.4. The van der Waals surface area contributed by atoms with Crippen LogP contribution in [0.15, 0.2) is 73.1 Å². The molecule has 5 rings (SSSR count). The zero-order valence-corrected chi connectivity index (χ0v) is 15.6. The summed E-state index contributed by atoms with van der Waals surface area (Å²) in [6.45, 7) is 0. The Hall–Kier alpha value is -4.33. The molecule has 0 radical (unpaired) electrons. The van der Waals surface area contributed by atoms with E-state index >= 15 is 0 Å². The van der Waals surface area contributed by atoms with Crippen molar-refractivity contribution in [3.8, 4) is 22.6 Å². The van der Waals surface area contributed by atoms with Gasteiger partial charge in [0.2, 0.25) is 6.41 Å². The van der Waals surface area contributed by atoms with Crippen molar-refractivity contribution in [1.82, 2.24) is 25.4 Å². The van der Waals surface area contributed by atoms with Crippen molar-refractivity contribution in [3.05, 3.63) is 78.9 Å². The van der Waals surface area contributed by atoms with Gasteiger partial charge in [-0.2, -0.15) is 10.2 Å². The molecular formula is C22H15FN6O. The van der Waals surface area contributed by atoms with Crippen LogP contribution in [-0.2, 0) is 4.79 Å². The smallest absolute Gasteiger partial charge is 0.218 e. The molecule has 5 aromatic rings. The second kappa shape index (κ2) is 7.25. The average molecular weight is 398 g/mol. The van der Waals surface area contributed by atoms with Crippen LogP contribution in [0.2, 0.25) is 0 Å². The molecule has 0 aliphatic heterocycles. The first-order valence-corrected chi connectivity index (χ1v) is 9.17. The Morgan fingerprint density at radius 1 is 0.900 bits per heavy atom. The van der Waals surface area contributed by atoms with Crippen LogP contribution < -0.4 is 4.90 Å². The van der Waals surface area contributed by atoms with Gasteiger partial charge < -0.3 is 0 Å². The molecule has 30 heavy (non-hydrogen) atoms. The Labute approximate surface area is 170 Å². The molecule has 0 saturated carbocycles. The van der Waals surface area contributed by atoms with E-state index in [9.17, 15) is 9.18 Å². The first-order chi connectivity index (χ1) is 14.7. The molecule has 2 heterocycles. The van der Waals surface area contributed by atoms with Crippen LogP contribution in [0.1, 0.15) is 0 Å². The quantitative estimate of drug-likeness (QED) is 0.428. The molecule has 2 N–H and O–H groups in total. The van der Waals surface area contributed by atoms with Crippen LogP contribution in [0.5, 0.6) is 0 Å². The molecule has 0 aliphatic rings. The molecule has 7 nitrogen and oxygen atoms in total. The van der Waals surface area contributed by atoms with Crippen molar-refractivity contribution in [3.63, 3.8) is 0 Å². The summed E-state index contributed by atoms with van der Waals surface area (Å²) < 4.78 is 13.3. The van der Waals surface area contributed by atoms with E-state index in [1.54, 1.807) is 12.1 Å². The molecule has 0 fully saturated rings. The molecule has 0 bridgehead atoms. The number of fused-ring (bicyclic) bond motifs is 1. The number of halogens is 1. The van der Waals surface area contributed by atoms with Crippen molar-refractivity contribution in [2.75, 3.05) is 4.90 Å². The van der Waals surface area contributed by atoms with E-state index in [1.807, 2.05) is 42.5 Å². The maximum Gasteiger partial charge on any atom is 0.218 e. The van der Waals surface area contributed by atoms with Crippen LogP contribution >= 0.6 is 0 Å². The highest BCUT2D eigenvalue weighted by atomic mass is 19.1. The molecule has 0 spiro atoms. The van der Waals surface area contributed by atoms with Gasteiger partial charge in [0.1, 0.15) is 12.1 Å². The summed E-state index contributed by atoms with van der Waals surface area (Å²) >= 11 is 0. The second-order valence-electron chi connectivity index (χ2n) is 6.67. The maximum absolute atomic E-state index is 13.3. The Morgan fingerprint density at radius 2 is 1.77 bits per heavy atom. The third-order valence-electron chi connectivity index (χ3n) is 4.86. The summed E-state index contributed by atoms with van der Waals surface area (Å²) in [6, 6.07) is 19.1. The number of anilines is 2. The average Bonchev–Trinajstić information content (AvgIpc) is 3.45. The largest absolute Gasteiger partial charge is 0.284 e. The van der Waals surface area contributed by atoms with Crippen LogP contribution in [-0.4, -0.2) is 31.8 Å². The minimum atomic E-state index is -0.357. The highest BCUT2D eigenvalue weighted by Gasteiger charge is 2.14. The van der Waals surface area contributed by atoms with E-state index in [-0.39, 0.29) is 5.82 Å². The van der Waals surface area contributed by atoms with E-state index in [0.29, 0.717) is 23.6 Å². The van der Waals surface area contributed by atoms with Gasteiger partial charge in [-0.1, -0.05) is 12.1 Å². The fourth-order valence-electron chi connectivity index (χ4n) is 3.40. The van der Waals surface area contributed by atoms with E-state index < -0.39 is 0 Å². The number of hydrogen-bond acceptors (Lipinski definition) is 4. The number of aromatic nitrogens is 5. The number of carbonyl (C=O) groups excluding carboxylic acids is 1. The highest BCUT2D eigenvalue weighted by molar-refractivity contribution is 5.96. The molecule has 8 heteroatoms. The number of nitrogens with one attached hydrogen (secondary N) is 2. The lowest BCUT2D eigenvalue weighted by molar-refractivity contribution is -0.106. The summed E-state index contributed by atoms with van der Waals surface area (Å²) in [6.07, 6.45) is 2.17. The Bertz CT molecular complexity index is 1330. The number of nitrogens with zero attached hydrogens (tertiary/aromatic N) is 4. The maximum atomic E-state index is 13.3. The fourth-order valence-corrected chi connectivity index (χ4v) is 3.40. The molecule has 0 atom stereocenters. The van der Waals surface area contributed by atoms with E-state index in [4.69, 9.17) is 0 Å². The first-order valence-electron chi connectivity index (χ1n) is 9.17. The molecular weight excluding hydrogens is 383 g/mol. The molecule has 0 saturated heterocycles. The van der Waals surface area contributed by atoms with Crippen molar-refractivity contribution in [2.24, 2.45) is 0 Å².